The molecule has 1 fully saturated rings. The summed E-state index contributed by atoms with van der Waals surface area (Å²) in [6.45, 7) is 0.150. The van der Waals surface area contributed by atoms with Crippen molar-refractivity contribution in [3.63, 3.8) is 0 Å². The molecule has 0 aliphatic carbocycles. The molecule has 114 valence electrons. The number of hydrogen-bond acceptors (Lipinski definition) is 4. The normalized spacial score (nSPS) is 17.1. The highest BCUT2D eigenvalue weighted by Crippen LogP contribution is 2.20. The molecule has 1 heterocycles. The SMILES string of the molecule is O=C1CN(S(=O)(=O)c2ccc(F)c(C(=O)O)c2)CCCN1. The highest BCUT2D eigenvalue weighted by Gasteiger charge is 2.29. The summed E-state index contributed by atoms with van der Waals surface area (Å²) in [7, 11) is -4.05. The summed E-state index contributed by atoms with van der Waals surface area (Å²) in [4.78, 5) is 22.0. The van der Waals surface area contributed by atoms with E-state index in [1.165, 1.54) is 0 Å². The van der Waals surface area contributed by atoms with E-state index in [0.717, 1.165) is 22.5 Å². The minimum Gasteiger partial charge on any atom is -0.478 e. The predicted molar refractivity (Wildman–Crippen MR) is 69.7 cm³/mol. The van der Waals surface area contributed by atoms with Gasteiger partial charge in [0.25, 0.3) is 0 Å². The van der Waals surface area contributed by atoms with Crippen LogP contribution < -0.4 is 5.32 Å². The van der Waals surface area contributed by atoms with Gasteiger partial charge in [0.2, 0.25) is 15.9 Å². The fourth-order valence-electron chi connectivity index (χ4n) is 1.96. The third kappa shape index (κ3) is 3.19. The molecular weight excluding hydrogens is 303 g/mol. The molecule has 0 unspecified atom stereocenters. The van der Waals surface area contributed by atoms with Crippen molar-refractivity contribution in [3.8, 4) is 0 Å². The molecule has 1 aromatic rings. The van der Waals surface area contributed by atoms with Gasteiger partial charge < -0.3 is 10.4 Å². The molecule has 1 amide bonds. The molecule has 0 atom stereocenters. The first-order chi connectivity index (χ1) is 9.82. The van der Waals surface area contributed by atoms with E-state index in [2.05, 4.69) is 5.32 Å². The van der Waals surface area contributed by atoms with Crippen LogP contribution in [0.4, 0.5) is 4.39 Å². The van der Waals surface area contributed by atoms with Gasteiger partial charge in [-0.3, -0.25) is 4.79 Å². The van der Waals surface area contributed by atoms with Crippen LogP contribution in [0.25, 0.3) is 0 Å². The molecule has 1 aliphatic rings. The molecule has 7 nitrogen and oxygen atoms in total. The van der Waals surface area contributed by atoms with Crippen molar-refractivity contribution >= 4 is 21.9 Å². The second-order valence-corrected chi connectivity index (χ2v) is 6.43. The van der Waals surface area contributed by atoms with Crippen molar-refractivity contribution < 1.29 is 27.5 Å². The summed E-state index contributed by atoms with van der Waals surface area (Å²) >= 11 is 0. The lowest BCUT2D eigenvalue weighted by Crippen LogP contribution is -2.37. The molecule has 21 heavy (non-hydrogen) atoms. The van der Waals surface area contributed by atoms with Crippen molar-refractivity contribution in [2.45, 2.75) is 11.3 Å². The van der Waals surface area contributed by atoms with Gasteiger partial charge in [0, 0.05) is 13.1 Å². The maximum absolute atomic E-state index is 13.3. The smallest absolute Gasteiger partial charge is 0.338 e. The molecule has 0 saturated carbocycles. The van der Waals surface area contributed by atoms with Crippen LogP contribution in [0.3, 0.4) is 0 Å². The Kier molecular flexibility index (Phi) is 4.24. The monoisotopic (exact) mass is 316 g/mol. The number of aromatic carboxylic acids is 1. The number of halogens is 1. The van der Waals surface area contributed by atoms with E-state index in [9.17, 15) is 22.4 Å². The van der Waals surface area contributed by atoms with Crippen LogP contribution in [0.1, 0.15) is 16.8 Å². The Labute approximate surface area is 120 Å². The largest absolute Gasteiger partial charge is 0.478 e. The first-order valence-electron chi connectivity index (χ1n) is 6.12. The molecule has 0 aromatic heterocycles. The molecule has 0 bridgehead atoms. The van der Waals surface area contributed by atoms with Crippen molar-refractivity contribution in [1.82, 2.24) is 9.62 Å². The minimum absolute atomic E-state index is 0.126. The standard InChI is InChI=1S/C12H13FN2O5S/c13-10-3-2-8(6-9(10)12(17)18)21(19,20)15-5-1-4-14-11(16)7-15/h2-3,6H,1,4-5,7H2,(H,14,16)(H,17,18). The number of sulfonamides is 1. The Balaban J connectivity index is 2.41. The number of carbonyl (C=O) groups is 2. The van der Waals surface area contributed by atoms with Gasteiger partial charge in [-0.2, -0.15) is 4.31 Å². The Bertz CT molecular complexity index is 689. The fourth-order valence-corrected chi connectivity index (χ4v) is 3.42. The Morgan fingerprint density at radius 2 is 2.10 bits per heavy atom. The van der Waals surface area contributed by atoms with Crippen molar-refractivity contribution in [2.75, 3.05) is 19.6 Å². The molecule has 2 N–H and O–H groups in total. The number of rotatable bonds is 3. The van der Waals surface area contributed by atoms with Crippen molar-refractivity contribution in [3.05, 3.63) is 29.6 Å². The number of carboxylic acids is 1. The predicted octanol–water partition coefficient (Wildman–Crippen LogP) is 0.0345. The molecule has 0 radical (unpaired) electrons. The summed E-state index contributed by atoms with van der Waals surface area (Å²) in [6, 6.07) is 2.53. The van der Waals surface area contributed by atoms with Gasteiger partial charge in [-0.1, -0.05) is 0 Å². The highest BCUT2D eigenvalue weighted by molar-refractivity contribution is 7.89. The number of hydrogen-bond donors (Lipinski definition) is 2. The summed E-state index contributed by atoms with van der Waals surface area (Å²) in [5.74, 6) is -3.01. The van der Waals surface area contributed by atoms with E-state index in [0.29, 0.717) is 13.0 Å². The average Bonchev–Trinajstić information content (AvgIpc) is 2.63. The summed E-state index contributed by atoms with van der Waals surface area (Å²) < 4.78 is 39.1. The van der Waals surface area contributed by atoms with Gasteiger partial charge in [-0.25, -0.2) is 17.6 Å². The van der Waals surface area contributed by atoms with E-state index < -0.39 is 33.3 Å². The zero-order chi connectivity index (χ0) is 15.6. The first-order valence-corrected chi connectivity index (χ1v) is 7.56. The second kappa shape index (κ2) is 5.78. The number of amides is 1. The average molecular weight is 316 g/mol. The fraction of sp³-hybridized carbons (Fsp3) is 0.333. The lowest BCUT2D eigenvalue weighted by Gasteiger charge is -2.19. The maximum atomic E-state index is 13.3. The van der Waals surface area contributed by atoms with Crippen LogP contribution in [0.15, 0.2) is 23.1 Å². The summed E-state index contributed by atoms with van der Waals surface area (Å²) in [5, 5.41) is 11.4. The number of nitrogens with zero attached hydrogens (tertiary/aromatic N) is 1. The van der Waals surface area contributed by atoms with Crippen molar-refractivity contribution in [2.24, 2.45) is 0 Å². The van der Waals surface area contributed by atoms with Crippen LogP contribution in [0.5, 0.6) is 0 Å². The van der Waals surface area contributed by atoms with Crippen LogP contribution >= 0.6 is 0 Å². The van der Waals surface area contributed by atoms with Gasteiger partial charge in [-0.15, -0.1) is 0 Å². The van der Waals surface area contributed by atoms with Crippen LogP contribution in [-0.4, -0.2) is 49.3 Å². The van der Waals surface area contributed by atoms with E-state index in [4.69, 9.17) is 5.11 Å². The van der Waals surface area contributed by atoms with Gasteiger partial charge in [0.15, 0.2) is 0 Å². The Morgan fingerprint density at radius 3 is 2.76 bits per heavy atom. The van der Waals surface area contributed by atoms with Crippen molar-refractivity contribution in [1.29, 1.82) is 0 Å². The zero-order valence-electron chi connectivity index (χ0n) is 10.9. The molecule has 0 spiro atoms. The second-order valence-electron chi connectivity index (χ2n) is 4.49. The number of nitrogens with one attached hydrogen (secondary N) is 1. The number of carbonyl (C=O) groups excluding carboxylic acids is 1. The first kappa shape index (κ1) is 15.4. The lowest BCUT2D eigenvalue weighted by molar-refractivity contribution is -0.120. The zero-order valence-corrected chi connectivity index (χ0v) is 11.7. The van der Waals surface area contributed by atoms with E-state index >= 15 is 0 Å². The van der Waals surface area contributed by atoms with E-state index in [1.807, 2.05) is 0 Å². The quantitative estimate of drug-likeness (QED) is 0.819. The number of carboxylic acid groups (broad SMARTS) is 1. The Hall–Kier alpha value is -2.00. The van der Waals surface area contributed by atoms with Crippen LogP contribution in [-0.2, 0) is 14.8 Å². The van der Waals surface area contributed by atoms with Crippen LogP contribution in [0, 0.1) is 5.82 Å². The molecule has 1 saturated heterocycles. The molecule has 9 heteroatoms. The molecule has 2 rings (SSSR count). The van der Waals surface area contributed by atoms with Gasteiger partial charge >= 0.3 is 5.97 Å². The lowest BCUT2D eigenvalue weighted by atomic mass is 10.2. The maximum Gasteiger partial charge on any atom is 0.338 e. The van der Waals surface area contributed by atoms with Gasteiger partial charge in [0.05, 0.1) is 17.0 Å². The highest BCUT2D eigenvalue weighted by atomic mass is 32.2. The molecular formula is C12H13FN2O5S. The summed E-state index contributed by atoms with van der Waals surface area (Å²) in [5.41, 5.74) is -0.727. The molecule has 1 aliphatic heterocycles. The van der Waals surface area contributed by atoms with Gasteiger partial charge in [-0.05, 0) is 24.6 Å². The number of benzene rings is 1. The van der Waals surface area contributed by atoms with E-state index in [1.54, 1.807) is 0 Å². The topological polar surface area (TPSA) is 104 Å². The third-order valence-corrected chi connectivity index (χ3v) is 4.87. The summed E-state index contributed by atoms with van der Waals surface area (Å²) in [6.07, 6.45) is 0.442. The third-order valence-electron chi connectivity index (χ3n) is 3.03. The Morgan fingerprint density at radius 1 is 1.38 bits per heavy atom. The van der Waals surface area contributed by atoms with Gasteiger partial charge in [0.1, 0.15) is 5.82 Å². The van der Waals surface area contributed by atoms with Crippen LogP contribution in [0.2, 0.25) is 0 Å². The van der Waals surface area contributed by atoms with E-state index in [-0.39, 0.29) is 18.0 Å². The minimum atomic E-state index is -4.05. The molecule has 1 aromatic carbocycles.